The van der Waals surface area contributed by atoms with Gasteiger partial charge >= 0.3 is 0 Å². The molecule has 0 saturated heterocycles. The molecule has 3 aromatic rings. The van der Waals surface area contributed by atoms with E-state index in [1.54, 1.807) is 18.0 Å². The monoisotopic (exact) mass is 429 g/mol. The van der Waals surface area contributed by atoms with Gasteiger partial charge in [0.1, 0.15) is 12.6 Å². The maximum Gasteiger partial charge on any atom is 0.259 e. The molecule has 0 unspecified atom stereocenters. The molecular weight excluding hydrogens is 402 g/mol. The number of nitrogens with one attached hydrogen (secondary N) is 1. The van der Waals surface area contributed by atoms with Crippen molar-refractivity contribution in [2.24, 2.45) is 0 Å². The molecule has 0 aliphatic carbocycles. The highest BCUT2D eigenvalue weighted by Crippen LogP contribution is 2.37. The van der Waals surface area contributed by atoms with Crippen LogP contribution in [-0.4, -0.2) is 42.3 Å². The Kier molecular flexibility index (Phi) is 5.95. The molecule has 0 spiro atoms. The zero-order valence-corrected chi connectivity index (χ0v) is 18.6. The minimum absolute atomic E-state index is 0.119. The van der Waals surface area contributed by atoms with Crippen LogP contribution < -0.4 is 10.2 Å². The third-order valence-electron chi connectivity index (χ3n) is 6.01. The molecule has 1 atom stereocenters. The summed E-state index contributed by atoms with van der Waals surface area (Å²) in [5, 5.41) is 4.51. The van der Waals surface area contributed by atoms with Gasteiger partial charge in [0, 0.05) is 24.5 Å². The van der Waals surface area contributed by atoms with Gasteiger partial charge in [-0.15, -0.1) is 0 Å². The SMILES string of the molecule is CC[C@H](C(=O)NC)N(Cc1cccc(C)c1)C(=O)CN1C(=O)c2cccc3cccc1c23. The van der Waals surface area contributed by atoms with Crippen LogP contribution >= 0.6 is 0 Å². The molecule has 1 aliphatic rings. The Bertz CT molecular complexity index is 1200. The summed E-state index contributed by atoms with van der Waals surface area (Å²) in [6.07, 6.45) is 0.473. The van der Waals surface area contributed by atoms with Crippen LogP contribution in [0.1, 0.15) is 34.8 Å². The van der Waals surface area contributed by atoms with E-state index in [1.165, 1.54) is 4.90 Å². The Morgan fingerprint density at radius 1 is 1.06 bits per heavy atom. The quantitative estimate of drug-likeness (QED) is 0.623. The van der Waals surface area contributed by atoms with Crippen molar-refractivity contribution >= 4 is 34.2 Å². The maximum atomic E-state index is 13.6. The first kappa shape index (κ1) is 21.6. The average Bonchev–Trinajstić information content (AvgIpc) is 3.06. The van der Waals surface area contributed by atoms with E-state index in [1.807, 2.05) is 68.4 Å². The molecule has 0 bridgehead atoms. The van der Waals surface area contributed by atoms with Gasteiger partial charge in [-0.25, -0.2) is 0 Å². The Labute approximate surface area is 187 Å². The number of carbonyl (C=O) groups is 3. The van der Waals surface area contributed by atoms with E-state index in [0.717, 1.165) is 27.6 Å². The summed E-state index contributed by atoms with van der Waals surface area (Å²) >= 11 is 0. The molecule has 4 rings (SSSR count). The van der Waals surface area contributed by atoms with Gasteiger partial charge < -0.3 is 10.2 Å². The fraction of sp³-hybridized carbons (Fsp3) is 0.269. The molecular formula is C26H27N3O3. The Hall–Kier alpha value is -3.67. The third kappa shape index (κ3) is 3.84. The minimum Gasteiger partial charge on any atom is -0.357 e. The molecule has 6 nitrogen and oxygen atoms in total. The van der Waals surface area contributed by atoms with E-state index in [9.17, 15) is 14.4 Å². The van der Waals surface area contributed by atoms with Gasteiger partial charge in [0.15, 0.2) is 0 Å². The second kappa shape index (κ2) is 8.83. The topological polar surface area (TPSA) is 69.7 Å². The van der Waals surface area contributed by atoms with Crippen molar-refractivity contribution in [3.63, 3.8) is 0 Å². The molecule has 0 radical (unpaired) electrons. The number of carbonyl (C=O) groups excluding carboxylic acids is 3. The maximum absolute atomic E-state index is 13.6. The molecule has 0 fully saturated rings. The van der Waals surface area contributed by atoms with Gasteiger partial charge in [0.25, 0.3) is 5.91 Å². The summed E-state index contributed by atoms with van der Waals surface area (Å²) in [4.78, 5) is 42.4. The molecule has 0 saturated carbocycles. The van der Waals surface area contributed by atoms with Crippen LogP contribution in [-0.2, 0) is 16.1 Å². The lowest BCUT2D eigenvalue weighted by molar-refractivity contribution is -0.140. The number of rotatable bonds is 7. The minimum atomic E-state index is -0.621. The predicted octanol–water partition coefficient (Wildman–Crippen LogP) is 3.66. The van der Waals surface area contributed by atoms with E-state index in [2.05, 4.69) is 5.32 Å². The zero-order chi connectivity index (χ0) is 22.8. The van der Waals surface area contributed by atoms with Crippen LogP contribution in [0.5, 0.6) is 0 Å². The average molecular weight is 430 g/mol. The molecule has 1 heterocycles. The first-order valence-corrected chi connectivity index (χ1v) is 10.8. The largest absolute Gasteiger partial charge is 0.357 e. The van der Waals surface area contributed by atoms with Gasteiger partial charge in [-0.1, -0.05) is 61.0 Å². The number of anilines is 1. The molecule has 1 N–H and O–H groups in total. The lowest BCUT2D eigenvalue weighted by atomic mass is 10.1. The van der Waals surface area contributed by atoms with Crippen LogP contribution in [0.25, 0.3) is 10.8 Å². The number of nitrogens with zero attached hydrogens (tertiary/aromatic N) is 2. The van der Waals surface area contributed by atoms with Crippen molar-refractivity contribution in [2.75, 3.05) is 18.5 Å². The van der Waals surface area contributed by atoms with Crippen molar-refractivity contribution in [1.82, 2.24) is 10.2 Å². The van der Waals surface area contributed by atoms with Gasteiger partial charge in [0.2, 0.25) is 11.8 Å². The summed E-state index contributed by atoms with van der Waals surface area (Å²) < 4.78 is 0. The van der Waals surface area contributed by atoms with E-state index in [4.69, 9.17) is 0 Å². The predicted molar refractivity (Wildman–Crippen MR) is 125 cm³/mol. The van der Waals surface area contributed by atoms with Crippen LogP contribution in [0.3, 0.4) is 0 Å². The van der Waals surface area contributed by atoms with Crippen molar-refractivity contribution < 1.29 is 14.4 Å². The summed E-state index contributed by atoms with van der Waals surface area (Å²) in [7, 11) is 1.57. The van der Waals surface area contributed by atoms with Gasteiger partial charge in [-0.05, 0) is 36.4 Å². The molecule has 164 valence electrons. The highest BCUT2D eigenvalue weighted by molar-refractivity contribution is 6.26. The second-order valence-corrected chi connectivity index (χ2v) is 8.12. The Balaban J connectivity index is 1.66. The van der Waals surface area contributed by atoms with Crippen molar-refractivity contribution in [3.8, 4) is 0 Å². The normalized spacial score (nSPS) is 13.3. The summed E-state index contributed by atoms with van der Waals surface area (Å²) in [6, 6.07) is 18.6. The zero-order valence-electron chi connectivity index (χ0n) is 18.6. The van der Waals surface area contributed by atoms with Crippen LogP contribution in [0, 0.1) is 6.92 Å². The molecule has 3 amide bonds. The highest BCUT2D eigenvalue weighted by atomic mass is 16.2. The number of hydrogen-bond donors (Lipinski definition) is 1. The fourth-order valence-electron chi connectivity index (χ4n) is 4.46. The number of likely N-dealkylation sites (N-methyl/N-ethyl adjacent to an activating group) is 1. The van der Waals surface area contributed by atoms with E-state index >= 15 is 0 Å². The second-order valence-electron chi connectivity index (χ2n) is 8.12. The van der Waals surface area contributed by atoms with E-state index < -0.39 is 6.04 Å². The highest BCUT2D eigenvalue weighted by Gasteiger charge is 2.34. The van der Waals surface area contributed by atoms with Crippen LogP contribution in [0.4, 0.5) is 5.69 Å². The number of amides is 3. The molecule has 6 heteroatoms. The molecule has 1 aliphatic heterocycles. The van der Waals surface area contributed by atoms with Crippen molar-refractivity contribution in [2.45, 2.75) is 32.9 Å². The molecule has 32 heavy (non-hydrogen) atoms. The summed E-state index contributed by atoms with van der Waals surface area (Å²) in [6.45, 7) is 4.05. The molecule has 3 aromatic carbocycles. The number of aryl methyl sites for hydroxylation is 1. The first-order valence-electron chi connectivity index (χ1n) is 10.8. The fourth-order valence-corrected chi connectivity index (χ4v) is 4.46. The lowest BCUT2D eigenvalue weighted by Gasteiger charge is -2.32. The molecule has 0 aromatic heterocycles. The van der Waals surface area contributed by atoms with Gasteiger partial charge in [-0.2, -0.15) is 0 Å². The third-order valence-corrected chi connectivity index (χ3v) is 6.01. The number of benzene rings is 3. The van der Waals surface area contributed by atoms with Gasteiger partial charge in [-0.3, -0.25) is 19.3 Å². The van der Waals surface area contributed by atoms with Crippen molar-refractivity contribution in [3.05, 3.63) is 77.4 Å². The smallest absolute Gasteiger partial charge is 0.259 e. The van der Waals surface area contributed by atoms with E-state index in [-0.39, 0.29) is 24.3 Å². The van der Waals surface area contributed by atoms with Crippen LogP contribution in [0.2, 0.25) is 0 Å². The van der Waals surface area contributed by atoms with Crippen molar-refractivity contribution in [1.29, 1.82) is 0 Å². The standard InChI is InChI=1S/C26H27N3O3/c1-4-21(25(31)27-3)28(15-18-9-5-8-17(2)14-18)23(30)16-29-22-13-7-11-19-10-6-12-20(24(19)22)26(29)32/h5-14,21H,4,15-16H2,1-3H3,(H,27,31)/t21-/m1/s1. The summed E-state index contributed by atoms with van der Waals surface area (Å²) in [5.74, 6) is -0.666. The lowest BCUT2D eigenvalue weighted by Crippen LogP contribution is -2.51. The van der Waals surface area contributed by atoms with E-state index in [0.29, 0.717) is 18.5 Å². The Morgan fingerprint density at radius 2 is 1.78 bits per heavy atom. The van der Waals surface area contributed by atoms with Gasteiger partial charge in [0.05, 0.1) is 5.69 Å². The first-order chi connectivity index (χ1) is 15.4. The number of hydrogen-bond acceptors (Lipinski definition) is 3. The van der Waals surface area contributed by atoms with Crippen LogP contribution in [0.15, 0.2) is 60.7 Å². The Morgan fingerprint density at radius 3 is 2.47 bits per heavy atom. The summed E-state index contributed by atoms with van der Waals surface area (Å²) in [5.41, 5.74) is 3.37.